The number of nitrogens with zero attached hydrogens (tertiary/aromatic N) is 3. The van der Waals surface area contributed by atoms with E-state index in [1.54, 1.807) is 12.3 Å². The highest BCUT2D eigenvalue weighted by atomic mass is 35.5. The molecule has 1 aromatic carbocycles. The number of anilines is 1. The van der Waals surface area contributed by atoms with E-state index in [-0.39, 0.29) is 5.56 Å². The minimum Gasteiger partial charge on any atom is -0.465 e. The number of hydrogen-bond acceptors (Lipinski definition) is 5. The minimum absolute atomic E-state index is 0.233. The number of pyridine rings is 1. The van der Waals surface area contributed by atoms with Crippen LogP contribution in [0.25, 0.3) is 11.2 Å². The van der Waals surface area contributed by atoms with Crippen molar-refractivity contribution in [3.8, 4) is 0 Å². The van der Waals surface area contributed by atoms with Crippen molar-refractivity contribution in [2.45, 2.75) is 38.1 Å². The fourth-order valence-electron chi connectivity index (χ4n) is 4.06. The smallest absolute Gasteiger partial charge is 0.339 e. The second-order valence-electron chi connectivity index (χ2n) is 7.49. The fraction of sp³-hybridized carbons (Fsp3) is 0.364. The van der Waals surface area contributed by atoms with E-state index in [1.165, 1.54) is 32.1 Å². The van der Waals surface area contributed by atoms with Crippen LogP contribution in [0.1, 0.15) is 47.9 Å². The van der Waals surface area contributed by atoms with E-state index in [0.717, 1.165) is 29.8 Å². The van der Waals surface area contributed by atoms with Crippen LogP contribution in [0, 0.1) is 0 Å². The van der Waals surface area contributed by atoms with Gasteiger partial charge in [0.25, 0.3) is 0 Å². The lowest BCUT2D eigenvalue weighted by Crippen LogP contribution is -2.31. The topological polar surface area (TPSA) is 98.1 Å². The zero-order valence-electron chi connectivity index (χ0n) is 17.2. The molecular formula is C22H24ClN5O3. The third-order valence-electron chi connectivity index (χ3n) is 5.48. The Morgan fingerprint density at radius 2 is 2.06 bits per heavy atom. The summed E-state index contributed by atoms with van der Waals surface area (Å²) in [5.74, 6) is 0.364. The van der Waals surface area contributed by atoms with Crippen molar-refractivity contribution in [2.75, 3.05) is 19.0 Å². The molecule has 1 aliphatic carbocycles. The number of urea groups is 1. The molecule has 1 saturated carbocycles. The highest BCUT2D eigenvalue weighted by molar-refractivity contribution is 6.31. The van der Waals surface area contributed by atoms with Gasteiger partial charge in [-0.15, -0.1) is 0 Å². The largest absolute Gasteiger partial charge is 0.465 e. The van der Waals surface area contributed by atoms with Crippen molar-refractivity contribution in [1.82, 2.24) is 19.9 Å². The number of rotatable bonds is 6. The SMILES string of the molecule is COC(=O)c1ccc(Cl)cc1NC(=O)NCCc1nc2cccnc2n1C1CCCC1. The second-order valence-corrected chi connectivity index (χ2v) is 7.93. The zero-order chi connectivity index (χ0) is 21.8. The molecule has 0 unspecified atom stereocenters. The Morgan fingerprint density at radius 1 is 1.26 bits per heavy atom. The molecule has 31 heavy (non-hydrogen) atoms. The van der Waals surface area contributed by atoms with Crippen molar-refractivity contribution in [3.63, 3.8) is 0 Å². The molecule has 0 atom stereocenters. The number of carbonyl (C=O) groups is 2. The lowest BCUT2D eigenvalue weighted by molar-refractivity contribution is 0.0602. The molecular weight excluding hydrogens is 418 g/mol. The van der Waals surface area contributed by atoms with Gasteiger partial charge in [-0.2, -0.15) is 0 Å². The molecule has 2 heterocycles. The van der Waals surface area contributed by atoms with Crippen LogP contribution in [0.5, 0.6) is 0 Å². The van der Waals surface area contributed by atoms with Crippen LogP contribution in [-0.4, -0.2) is 40.2 Å². The molecule has 2 N–H and O–H groups in total. The number of nitrogens with one attached hydrogen (secondary N) is 2. The summed E-state index contributed by atoms with van der Waals surface area (Å²) in [6.45, 7) is 0.385. The number of methoxy groups -OCH3 is 1. The molecule has 0 bridgehead atoms. The number of carbonyl (C=O) groups excluding carboxylic acids is 2. The lowest BCUT2D eigenvalue weighted by Gasteiger charge is -2.16. The molecule has 4 rings (SSSR count). The predicted octanol–water partition coefficient (Wildman–Crippen LogP) is 4.35. The summed E-state index contributed by atoms with van der Waals surface area (Å²) in [5.41, 5.74) is 2.29. The maximum atomic E-state index is 12.4. The first-order valence-corrected chi connectivity index (χ1v) is 10.7. The van der Waals surface area contributed by atoms with Gasteiger partial charge in [0.05, 0.1) is 18.4 Å². The van der Waals surface area contributed by atoms with E-state index in [4.69, 9.17) is 21.3 Å². The lowest BCUT2D eigenvalue weighted by atomic mass is 10.2. The first-order valence-electron chi connectivity index (χ1n) is 10.3. The summed E-state index contributed by atoms with van der Waals surface area (Å²) in [6, 6.07) is 8.41. The number of fused-ring (bicyclic) bond motifs is 1. The van der Waals surface area contributed by atoms with E-state index in [9.17, 15) is 9.59 Å². The Bertz CT molecular complexity index is 1110. The number of benzene rings is 1. The Kier molecular flexibility index (Phi) is 6.36. The van der Waals surface area contributed by atoms with Crippen LogP contribution >= 0.6 is 11.6 Å². The molecule has 0 radical (unpaired) electrons. The quantitative estimate of drug-likeness (QED) is 0.554. The Hall–Kier alpha value is -3.13. The van der Waals surface area contributed by atoms with Gasteiger partial charge < -0.3 is 19.9 Å². The first kappa shape index (κ1) is 21.1. The summed E-state index contributed by atoms with van der Waals surface area (Å²) in [7, 11) is 1.28. The molecule has 0 saturated heterocycles. The van der Waals surface area contributed by atoms with Gasteiger partial charge >= 0.3 is 12.0 Å². The van der Waals surface area contributed by atoms with Crippen LogP contribution < -0.4 is 10.6 Å². The summed E-state index contributed by atoms with van der Waals surface area (Å²) in [5, 5.41) is 5.90. The summed E-state index contributed by atoms with van der Waals surface area (Å²) >= 11 is 6.01. The highest BCUT2D eigenvalue weighted by Crippen LogP contribution is 2.33. The first-order chi connectivity index (χ1) is 15.1. The molecule has 1 aliphatic rings. The summed E-state index contributed by atoms with van der Waals surface area (Å²) in [4.78, 5) is 33.6. The fourth-order valence-corrected chi connectivity index (χ4v) is 4.23. The summed E-state index contributed by atoms with van der Waals surface area (Å²) < 4.78 is 6.99. The van der Waals surface area contributed by atoms with Crippen molar-refractivity contribution in [3.05, 3.63) is 52.9 Å². The van der Waals surface area contributed by atoms with E-state index in [0.29, 0.717) is 29.7 Å². The molecule has 0 aliphatic heterocycles. The van der Waals surface area contributed by atoms with Crippen LogP contribution in [0.15, 0.2) is 36.5 Å². The second kappa shape index (κ2) is 9.34. The third kappa shape index (κ3) is 4.64. The standard InChI is InChI=1S/C22H24ClN5O3/c1-31-21(29)16-9-8-14(23)13-18(16)27-22(30)25-12-10-19-26-17-7-4-11-24-20(17)28(19)15-5-2-3-6-15/h4,7-9,11,13,15H,2-3,5-6,10,12H2,1H3,(H2,25,27,30). The molecule has 9 heteroatoms. The number of aromatic nitrogens is 3. The van der Waals surface area contributed by atoms with Crippen LogP contribution in [-0.2, 0) is 11.2 Å². The number of imidazole rings is 1. The van der Waals surface area contributed by atoms with Gasteiger partial charge in [0.15, 0.2) is 5.65 Å². The van der Waals surface area contributed by atoms with E-state index in [1.807, 2.05) is 12.1 Å². The molecule has 162 valence electrons. The predicted molar refractivity (Wildman–Crippen MR) is 119 cm³/mol. The monoisotopic (exact) mass is 441 g/mol. The van der Waals surface area contributed by atoms with Gasteiger partial charge in [-0.25, -0.2) is 19.6 Å². The number of amides is 2. The van der Waals surface area contributed by atoms with Gasteiger partial charge in [0.1, 0.15) is 11.3 Å². The molecule has 0 spiro atoms. The van der Waals surface area contributed by atoms with E-state index >= 15 is 0 Å². The number of halogens is 1. The number of esters is 1. The maximum Gasteiger partial charge on any atom is 0.339 e. The zero-order valence-corrected chi connectivity index (χ0v) is 18.0. The number of ether oxygens (including phenoxy) is 1. The van der Waals surface area contributed by atoms with Gasteiger partial charge in [0, 0.05) is 30.2 Å². The molecule has 2 amide bonds. The van der Waals surface area contributed by atoms with Crippen molar-refractivity contribution in [1.29, 1.82) is 0 Å². The van der Waals surface area contributed by atoms with Crippen LogP contribution in [0.4, 0.5) is 10.5 Å². The van der Waals surface area contributed by atoms with Crippen molar-refractivity contribution in [2.24, 2.45) is 0 Å². The summed E-state index contributed by atoms with van der Waals surface area (Å²) in [6.07, 6.45) is 7.01. The van der Waals surface area contributed by atoms with Gasteiger partial charge in [0.2, 0.25) is 0 Å². The Morgan fingerprint density at radius 3 is 2.84 bits per heavy atom. The minimum atomic E-state index is -0.551. The highest BCUT2D eigenvalue weighted by Gasteiger charge is 2.23. The van der Waals surface area contributed by atoms with E-state index < -0.39 is 12.0 Å². The van der Waals surface area contributed by atoms with E-state index in [2.05, 4.69) is 20.2 Å². The van der Waals surface area contributed by atoms with Gasteiger partial charge in [-0.1, -0.05) is 24.4 Å². The average molecular weight is 442 g/mol. The van der Waals surface area contributed by atoms with Gasteiger partial charge in [-0.05, 0) is 43.2 Å². The molecule has 2 aromatic heterocycles. The van der Waals surface area contributed by atoms with Crippen molar-refractivity contribution >= 4 is 40.5 Å². The van der Waals surface area contributed by atoms with Crippen molar-refractivity contribution < 1.29 is 14.3 Å². The van der Waals surface area contributed by atoms with Crippen LogP contribution in [0.2, 0.25) is 5.02 Å². The average Bonchev–Trinajstić information content (AvgIpc) is 3.40. The number of hydrogen-bond donors (Lipinski definition) is 2. The molecule has 1 fully saturated rings. The molecule has 8 nitrogen and oxygen atoms in total. The Labute approximate surface area is 185 Å². The third-order valence-corrected chi connectivity index (χ3v) is 5.72. The Balaban J connectivity index is 1.44. The maximum absolute atomic E-state index is 12.4. The molecule has 3 aromatic rings. The van der Waals surface area contributed by atoms with Gasteiger partial charge in [-0.3, -0.25) is 0 Å². The normalized spacial score (nSPS) is 14.0. The van der Waals surface area contributed by atoms with Crippen LogP contribution in [0.3, 0.4) is 0 Å².